The van der Waals surface area contributed by atoms with Crippen LogP contribution in [0.2, 0.25) is 0 Å². The van der Waals surface area contributed by atoms with E-state index in [1.165, 1.54) is 11.8 Å². The van der Waals surface area contributed by atoms with Gasteiger partial charge in [0.15, 0.2) is 5.16 Å². The standard InChI is InChI=1S/C24H26N4O2S/c1-14-9-8-12-18(15(14)2)28-22(30)21-20(16-10-6-7-11-17(16)25-21)26-23(28)31-13-19(29)27-24(3,4)5/h6-12,25H,13H2,1-5H3,(H,27,29). The summed E-state index contributed by atoms with van der Waals surface area (Å²) in [6.45, 7) is 9.84. The van der Waals surface area contributed by atoms with Crippen LogP contribution in [0, 0.1) is 13.8 Å². The number of hydrogen-bond donors (Lipinski definition) is 2. The summed E-state index contributed by atoms with van der Waals surface area (Å²) < 4.78 is 1.62. The van der Waals surface area contributed by atoms with E-state index in [4.69, 9.17) is 4.98 Å². The number of hydrogen-bond acceptors (Lipinski definition) is 4. The molecule has 0 atom stereocenters. The molecule has 2 aromatic carbocycles. The zero-order valence-corrected chi connectivity index (χ0v) is 19.2. The highest BCUT2D eigenvalue weighted by Gasteiger charge is 2.20. The van der Waals surface area contributed by atoms with Crippen molar-refractivity contribution in [2.75, 3.05) is 5.75 Å². The Kier molecular flexibility index (Phi) is 5.39. The summed E-state index contributed by atoms with van der Waals surface area (Å²) in [4.78, 5) is 34.2. The molecule has 4 aromatic rings. The Balaban J connectivity index is 1.91. The molecule has 0 saturated heterocycles. The lowest BCUT2D eigenvalue weighted by Crippen LogP contribution is -2.41. The molecule has 0 aliphatic carbocycles. The number of H-pyrrole nitrogens is 1. The molecule has 2 aromatic heterocycles. The van der Waals surface area contributed by atoms with E-state index in [1.807, 2.05) is 77.1 Å². The summed E-state index contributed by atoms with van der Waals surface area (Å²) in [5.74, 6) is 0.0703. The molecule has 1 amide bonds. The Morgan fingerprint density at radius 2 is 1.87 bits per heavy atom. The maximum absolute atomic E-state index is 13.6. The number of amides is 1. The Hall–Kier alpha value is -3.06. The number of fused-ring (bicyclic) bond motifs is 3. The molecule has 0 bridgehead atoms. The normalized spacial score (nSPS) is 11.9. The fourth-order valence-corrected chi connectivity index (χ4v) is 4.41. The first-order valence-electron chi connectivity index (χ1n) is 10.2. The van der Waals surface area contributed by atoms with Crippen LogP contribution in [0.15, 0.2) is 52.4 Å². The van der Waals surface area contributed by atoms with Crippen LogP contribution >= 0.6 is 11.8 Å². The van der Waals surface area contributed by atoms with Gasteiger partial charge in [-0.25, -0.2) is 4.98 Å². The molecule has 0 unspecified atom stereocenters. The van der Waals surface area contributed by atoms with Gasteiger partial charge in [-0.3, -0.25) is 14.2 Å². The molecular formula is C24H26N4O2S. The lowest BCUT2D eigenvalue weighted by atomic mass is 10.1. The second kappa shape index (κ2) is 7.89. The van der Waals surface area contributed by atoms with Crippen molar-refractivity contribution in [3.8, 4) is 5.69 Å². The van der Waals surface area contributed by atoms with Crippen molar-refractivity contribution in [1.82, 2.24) is 19.9 Å². The lowest BCUT2D eigenvalue weighted by Gasteiger charge is -2.20. The fourth-order valence-electron chi connectivity index (χ4n) is 3.61. The van der Waals surface area contributed by atoms with Gasteiger partial charge in [-0.05, 0) is 57.9 Å². The minimum atomic E-state index is -0.321. The smallest absolute Gasteiger partial charge is 0.283 e. The van der Waals surface area contributed by atoms with Gasteiger partial charge in [0.1, 0.15) is 11.0 Å². The average molecular weight is 435 g/mol. The molecule has 4 rings (SSSR count). The minimum Gasteiger partial charge on any atom is -0.351 e. The Morgan fingerprint density at radius 1 is 1.13 bits per heavy atom. The van der Waals surface area contributed by atoms with E-state index in [9.17, 15) is 9.59 Å². The molecule has 0 aliphatic heterocycles. The van der Waals surface area contributed by atoms with Crippen molar-refractivity contribution in [3.05, 3.63) is 63.9 Å². The van der Waals surface area contributed by atoms with Crippen molar-refractivity contribution in [2.45, 2.75) is 45.3 Å². The van der Waals surface area contributed by atoms with Crippen LogP contribution in [0.4, 0.5) is 0 Å². The minimum absolute atomic E-state index is 0.0988. The van der Waals surface area contributed by atoms with Gasteiger partial charge in [0.05, 0.1) is 11.4 Å². The number of para-hydroxylation sites is 1. The first kappa shape index (κ1) is 21.2. The van der Waals surface area contributed by atoms with Crippen LogP contribution in [0.1, 0.15) is 31.9 Å². The van der Waals surface area contributed by atoms with Gasteiger partial charge in [0.25, 0.3) is 5.56 Å². The van der Waals surface area contributed by atoms with E-state index in [2.05, 4.69) is 10.3 Å². The molecule has 0 saturated carbocycles. The van der Waals surface area contributed by atoms with Gasteiger partial charge in [0.2, 0.25) is 5.91 Å². The molecular weight excluding hydrogens is 408 g/mol. The van der Waals surface area contributed by atoms with E-state index < -0.39 is 0 Å². The lowest BCUT2D eigenvalue weighted by molar-refractivity contribution is -0.119. The molecule has 7 heteroatoms. The highest BCUT2D eigenvalue weighted by molar-refractivity contribution is 7.99. The summed E-state index contributed by atoms with van der Waals surface area (Å²) in [5.41, 5.74) is 4.32. The molecule has 0 radical (unpaired) electrons. The van der Waals surface area contributed by atoms with Crippen molar-refractivity contribution >= 4 is 39.6 Å². The van der Waals surface area contributed by atoms with E-state index >= 15 is 0 Å². The van der Waals surface area contributed by atoms with Gasteiger partial charge in [0, 0.05) is 16.4 Å². The van der Waals surface area contributed by atoms with Crippen LogP contribution in [-0.4, -0.2) is 31.7 Å². The number of carbonyl (C=O) groups excluding carboxylic acids is 1. The molecule has 2 N–H and O–H groups in total. The maximum Gasteiger partial charge on any atom is 0.283 e. The number of aryl methyl sites for hydroxylation is 1. The maximum atomic E-state index is 13.6. The zero-order valence-electron chi connectivity index (χ0n) is 18.4. The molecule has 0 fully saturated rings. The van der Waals surface area contributed by atoms with Crippen molar-refractivity contribution in [2.24, 2.45) is 0 Å². The number of thioether (sulfide) groups is 1. The van der Waals surface area contributed by atoms with E-state index in [0.29, 0.717) is 16.2 Å². The van der Waals surface area contributed by atoms with E-state index in [1.54, 1.807) is 4.57 Å². The number of nitrogens with one attached hydrogen (secondary N) is 2. The number of rotatable bonds is 4. The molecule has 0 aliphatic rings. The van der Waals surface area contributed by atoms with E-state index in [0.717, 1.165) is 27.7 Å². The largest absolute Gasteiger partial charge is 0.351 e. The zero-order chi connectivity index (χ0) is 22.3. The second-order valence-corrected chi connectivity index (χ2v) is 9.68. The first-order valence-corrected chi connectivity index (χ1v) is 11.2. The average Bonchev–Trinajstić information content (AvgIpc) is 3.07. The highest BCUT2D eigenvalue weighted by atomic mass is 32.2. The number of nitrogens with zero attached hydrogens (tertiary/aromatic N) is 2. The predicted molar refractivity (Wildman–Crippen MR) is 127 cm³/mol. The Morgan fingerprint density at radius 3 is 2.61 bits per heavy atom. The molecule has 0 spiro atoms. The number of aromatic amines is 1. The van der Waals surface area contributed by atoms with Crippen molar-refractivity contribution in [3.63, 3.8) is 0 Å². The van der Waals surface area contributed by atoms with Crippen molar-refractivity contribution < 1.29 is 4.79 Å². The third kappa shape index (κ3) is 4.10. The van der Waals surface area contributed by atoms with E-state index in [-0.39, 0.29) is 22.8 Å². The quantitative estimate of drug-likeness (QED) is 0.366. The molecule has 2 heterocycles. The van der Waals surface area contributed by atoms with Gasteiger partial charge in [-0.2, -0.15) is 0 Å². The van der Waals surface area contributed by atoms with Crippen LogP contribution in [0.25, 0.3) is 27.6 Å². The van der Waals surface area contributed by atoms with Gasteiger partial charge >= 0.3 is 0 Å². The van der Waals surface area contributed by atoms with Crippen LogP contribution in [0.3, 0.4) is 0 Å². The molecule has 6 nitrogen and oxygen atoms in total. The Labute approximate surface area is 185 Å². The summed E-state index contributed by atoms with van der Waals surface area (Å²) in [5, 5.41) is 4.36. The number of carbonyl (C=O) groups is 1. The summed E-state index contributed by atoms with van der Waals surface area (Å²) in [6.07, 6.45) is 0. The Bertz CT molecular complexity index is 1360. The second-order valence-electron chi connectivity index (χ2n) is 8.74. The third-order valence-corrected chi connectivity index (χ3v) is 6.10. The fraction of sp³-hybridized carbons (Fsp3) is 0.292. The van der Waals surface area contributed by atoms with Crippen LogP contribution < -0.4 is 10.9 Å². The first-order chi connectivity index (χ1) is 14.7. The predicted octanol–water partition coefficient (Wildman–Crippen LogP) is 4.49. The number of benzene rings is 2. The molecule has 160 valence electrons. The van der Waals surface area contributed by atoms with Crippen molar-refractivity contribution in [1.29, 1.82) is 0 Å². The van der Waals surface area contributed by atoms with Crippen LogP contribution in [0.5, 0.6) is 0 Å². The van der Waals surface area contributed by atoms with Gasteiger partial charge in [-0.1, -0.05) is 42.1 Å². The third-order valence-electron chi connectivity index (χ3n) is 5.16. The summed E-state index contributed by atoms with van der Waals surface area (Å²) >= 11 is 1.27. The topological polar surface area (TPSA) is 79.8 Å². The SMILES string of the molecule is Cc1cccc(-n2c(SCC(=O)NC(C)(C)C)nc3c([nH]c4ccccc43)c2=O)c1C. The highest BCUT2D eigenvalue weighted by Crippen LogP contribution is 2.27. The summed E-state index contributed by atoms with van der Waals surface area (Å²) in [7, 11) is 0. The monoisotopic (exact) mass is 434 g/mol. The van der Waals surface area contributed by atoms with Gasteiger partial charge < -0.3 is 10.3 Å². The molecule has 31 heavy (non-hydrogen) atoms. The van der Waals surface area contributed by atoms with Crippen LogP contribution in [-0.2, 0) is 4.79 Å². The number of aromatic nitrogens is 3. The summed E-state index contributed by atoms with van der Waals surface area (Å²) in [6, 6.07) is 13.6. The van der Waals surface area contributed by atoms with Gasteiger partial charge in [-0.15, -0.1) is 0 Å².